The predicted octanol–water partition coefficient (Wildman–Crippen LogP) is 3.03. The Labute approximate surface area is 163 Å². The Kier molecular flexibility index (Phi) is 8.84. The fourth-order valence-corrected chi connectivity index (χ4v) is 3.82. The number of benzene rings is 1. The Hall–Kier alpha value is -0.350. The Morgan fingerprint density at radius 2 is 1.70 bits per heavy atom. The number of nitrogens with two attached hydrogens (primary N) is 1. The molecule has 0 unspecified atom stereocenters. The summed E-state index contributed by atoms with van der Waals surface area (Å²) in [6.45, 7) is 2.02. The summed E-state index contributed by atoms with van der Waals surface area (Å²) in [6, 6.07) is 6.64. The summed E-state index contributed by atoms with van der Waals surface area (Å²) in [5.74, 6) is 0.441. The van der Waals surface area contributed by atoms with E-state index in [4.69, 9.17) is 5.73 Å². The van der Waals surface area contributed by atoms with Crippen molar-refractivity contribution in [2.24, 2.45) is 10.7 Å². The van der Waals surface area contributed by atoms with E-state index in [0.717, 1.165) is 30.4 Å². The minimum absolute atomic E-state index is 0. The predicted molar refractivity (Wildman–Crippen MR) is 108 cm³/mol. The molecule has 2 N–H and O–H groups in total. The van der Waals surface area contributed by atoms with Gasteiger partial charge >= 0.3 is 0 Å². The van der Waals surface area contributed by atoms with E-state index in [0.29, 0.717) is 10.9 Å². The molecule has 0 radical (unpaired) electrons. The first-order valence-electron chi connectivity index (χ1n) is 7.52. The summed E-state index contributed by atoms with van der Waals surface area (Å²) < 4.78 is 25.3. The molecule has 2 rings (SSSR count). The minimum Gasteiger partial charge on any atom is -0.370 e. The second kappa shape index (κ2) is 9.83. The molecule has 23 heavy (non-hydrogen) atoms. The molecule has 0 bridgehead atoms. The van der Waals surface area contributed by atoms with Crippen LogP contribution in [-0.2, 0) is 9.84 Å². The molecule has 0 spiro atoms. The van der Waals surface area contributed by atoms with Crippen LogP contribution in [0.1, 0.15) is 25.7 Å². The van der Waals surface area contributed by atoms with E-state index in [1.165, 1.54) is 12.8 Å². The van der Waals surface area contributed by atoms with Gasteiger partial charge in [0.1, 0.15) is 0 Å². The van der Waals surface area contributed by atoms with Gasteiger partial charge in [-0.1, -0.05) is 28.8 Å². The molecule has 1 fully saturated rings. The molecule has 5 nitrogen and oxygen atoms in total. The first kappa shape index (κ1) is 20.7. The van der Waals surface area contributed by atoms with Crippen molar-refractivity contribution in [2.45, 2.75) is 30.6 Å². The summed E-state index contributed by atoms with van der Waals surface area (Å²) in [5.41, 5.74) is 5.98. The lowest BCUT2D eigenvalue weighted by Crippen LogP contribution is -2.38. The van der Waals surface area contributed by atoms with Crippen LogP contribution < -0.4 is 5.73 Å². The van der Waals surface area contributed by atoms with Crippen molar-refractivity contribution in [3.63, 3.8) is 0 Å². The van der Waals surface area contributed by atoms with Gasteiger partial charge in [0, 0.05) is 17.6 Å². The highest BCUT2D eigenvalue weighted by Gasteiger charge is 2.15. The van der Waals surface area contributed by atoms with Crippen LogP contribution in [0.3, 0.4) is 0 Å². The van der Waals surface area contributed by atoms with Gasteiger partial charge in [-0.05, 0) is 37.1 Å². The zero-order valence-electron chi connectivity index (χ0n) is 12.9. The van der Waals surface area contributed by atoms with Crippen LogP contribution in [0.2, 0.25) is 0 Å². The van der Waals surface area contributed by atoms with Crippen LogP contribution in [0.5, 0.6) is 0 Å². The normalized spacial score (nSPS) is 16.6. The van der Waals surface area contributed by atoms with Crippen LogP contribution in [-0.4, -0.2) is 44.7 Å². The van der Waals surface area contributed by atoms with Crippen LogP contribution in [0.25, 0.3) is 0 Å². The second-order valence-corrected chi connectivity index (χ2v) is 8.44. The number of aliphatic imine (C=N–C) groups is 1. The molecule has 0 amide bonds. The number of halogens is 2. The average Bonchev–Trinajstić information content (AvgIpc) is 2.76. The SMILES string of the molecule is I.NC(=NCCS(=O)(=O)c1ccc(Br)cc1)N1CCCCCC1. The Bertz CT molecular complexity index is 612. The zero-order valence-corrected chi connectivity index (χ0v) is 17.7. The quantitative estimate of drug-likeness (QED) is 0.380. The summed E-state index contributed by atoms with van der Waals surface area (Å²) in [4.78, 5) is 6.62. The lowest BCUT2D eigenvalue weighted by molar-refractivity contribution is 0.429. The average molecular weight is 516 g/mol. The molecular formula is C15H23BrIN3O2S. The van der Waals surface area contributed by atoms with Gasteiger partial charge < -0.3 is 10.6 Å². The fourth-order valence-electron chi connectivity index (χ4n) is 2.44. The van der Waals surface area contributed by atoms with Crippen molar-refractivity contribution in [3.8, 4) is 0 Å². The number of hydrogen-bond acceptors (Lipinski definition) is 3. The molecule has 1 aromatic rings. The molecule has 130 valence electrons. The van der Waals surface area contributed by atoms with Gasteiger partial charge in [-0.15, -0.1) is 24.0 Å². The Morgan fingerprint density at radius 3 is 2.26 bits per heavy atom. The van der Waals surface area contributed by atoms with E-state index < -0.39 is 9.84 Å². The van der Waals surface area contributed by atoms with Crippen LogP contribution in [0, 0.1) is 0 Å². The molecule has 1 aliphatic heterocycles. The van der Waals surface area contributed by atoms with Crippen LogP contribution >= 0.6 is 39.9 Å². The number of rotatable bonds is 4. The van der Waals surface area contributed by atoms with Crippen molar-refractivity contribution >= 4 is 55.7 Å². The van der Waals surface area contributed by atoms with E-state index in [1.807, 2.05) is 0 Å². The molecule has 1 heterocycles. The highest BCUT2D eigenvalue weighted by Crippen LogP contribution is 2.16. The van der Waals surface area contributed by atoms with Gasteiger partial charge in [-0.2, -0.15) is 0 Å². The molecule has 0 saturated carbocycles. The minimum atomic E-state index is -3.31. The lowest BCUT2D eigenvalue weighted by Gasteiger charge is -2.21. The van der Waals surface area contributed by atoms with Gasteiger partial charge in [0.15, 0.2) is 15.8 Å². The van der Waals surface area contributed by atoms with Crippen molar-refractivity contribution in [3.05, 3.63) is 28.7 Å². The topological polar surface area (TPSA) is 75.8 Å². The first-order valence-corrected chi connectivity index (χ1v) is 9.97. The number of nitrogens with zero attached hydrogens (tertiary/aromatic N) is 2. The van der Waals surface area contributed by atoms with Crippen molar-refractivity contribution in [1.82, 2.24) is 4.90 Å². The molecule has 0 atom stereocenters. The Morgan fingerprint density at radius 1 is 1.13 bits per heavy atom. The van der Waals surface area contributed by atoms with Crippen molar-refractivity contribution in [2.75, 3.05) is 25.4 Å². The fraction of sp³-hybridized carbons (Fsp3) is 0.533. The summed E-state index contributed by atoms with van der Waals surface area (Å²) >= 11 is 3.30. The van der Waals surface area contributed by atoms with Gasteiger partial charge in [0.05, 0.1) is 17.2 Å². The standard InChI is InChI=1S/C15H22BrN3O2S.HI/c16-13-5-7-14(8-6-13)22(20,21)12-9-18-15(17)19-10-3-1-2-4-11-19;/h5-8H,1-4,9-12H2,(H2,17,18);1H. The smallest absolute Gasteiger partial charge is 0.191 e. The van der Waals surface area contributed by atoms with E-state index in [2.05, 4.69) is 25.8 Å². The molecule has 0 aliphatic carbocycles. The van der Waals surface area contributed by atoms with Crippen molar-refractivity contribution in [1.29, 1.82) is 0 Å². The van der Waals surface area contributed by atoms with Gasteiger partial charge in [-0.3, -0.25) is 4.99 Å². The van der Waals surface area contributed by atoms with E-state index in [9.17, 15) is 8.42 Å². The number of sulfone groups is 1. The van der Waals surface area contributed by atoms with Gasteiger partial charge in [0.25, 0.3) is 0 Å². The molecule has 0 aromatic heterocycles. The highest BCUT2D eigenvalue weighted by molar-refractivity contribution is 14.0. The molecule has 1 aliphatic rings. The molecule has 1 saturated heterocycles. The van der Waals surface area contributed by atoms with Crippen LogP contribution in [0.4, 0.5) is 0 Å². The summed E-state index contributed by atoms with van der Waals surface area (Å²) in [5, 5.41) is 0. The second-order valence-electron chi connectivity index (χ2n) is 5.41. The molecular weight excluding hydrogens is 493 g/mol. The van der Waals surface area contributed by atoms with E-state index >= 15 is 0 Å². The van der Waals surface area contributed by atoms with Gasteiger partial charge in [-0.25, -0.2) is 8.42 Å². The summed E-state index contributed by atoms with van der Waals surface area (Å²) in [7, 11) is -3.31. The monoisotopic (exact) mass is 515 g/mol. The third kappa shape index (κ3) is 6.58. The first-order chi connectivity index (χ1) is 10.5. The lowest BCUT2D eigenvalue weighted by atomic mass is 10.2. The maximum atomic E-state index is 12.2. The third-order valence-corrected chi connectivity index (χ3v) is 5.98. The maximum Gasteiger partial charge on any atom is 0.191 e. The maximum absolute atomic E-state index is 12.2. The highest BCUT2D eigenvalue weighted by atomic mass is 127. The summed E-state index contributed by atoms with van der Waals surface area (Å²) in [6.07, 6.45) is 4.68. The number of likely N-dealkylation sites (tertiary alicyclic amines) is 1. The van der Waals surface area contributed by atoms with E-state index in [1.54, 1.807) is 24.3 Å². The number of hydrogen-bond donors (Lipinski definition) is 1. The Balaban J connectivity index is 0.00000264. The molecule has 1 aromatic carbocycles. The van der Waals surface area contributed by atoms with Crippen LogP contribution in [0.15, 0.2) is 38.6 Å². The van der Waals surface area contributed by atoms with E-state index in [-0.39, 0.29) is 36.3 Å². The largest absolute Gasteiger partial charge is 0.370 e. The van der Waals surface area contributed by atoms with Crippen molar-refractivity contribution < 1.29 is 8.42 Å². The third-order valence-electron chi connectivity index (χ3n) is 3.74. The molecule has 8 heteroatoms. The zero-order chi connectivity index (χ0) is 16.0. The number of guanidine groups is 1. The van der Waals surface area contributed by atoms with Gasteiger partial charge in [0.2, 0.25) is 0 Å².